The Balaban J connectivity index is 2.20. The van der Waals surface area contributed by atoms with Gasteiger partial charge in [0.25, 0.3) is 0 Å². The fourth-order valence-corrected chi connectivity index (χ4v) is 2.20. The molecule has 0 fully saturated rings. The summed E-state index contributed by atoms with van der Waals surface area (Å²) >= 11 is 0. The summed E-state index contributed by atoms with van der Waals surface area (Å²) in [7, 11) is 0. The highest BCUT2D eigenvalue weighted by Gasteiger charge is 2.22. The molecular formula is C12H18N2O2. The van der Waals surface area contributed by atoms with Crippen LogP contribution in [0.1, 0.15) is 44.1 Å². The lowest BCUT2D eigenvalue weighted by Crippen LogP contribution is -2.21. The van der Waals surface area contributed by atoms with Gasteiger partial charge in [-0.3, -0.25) is 0 Å². The van der Waals surface area contributed by atoms with Crippen molar-refractivity contribution in [3.8, 4) is 0 Å². The van der Waals surface area contributed by atoms with E-state index in [4.69, 9.17) is 4.74 Å². The van der Waals surface area contributed by atoms with Gasteiger partial charge in [-0.1, -0.05) is 0 Å². The molecule has 88 valence electrons. The van der Waals surface area contributed by atoms with Crippen molar-refractivity contribution < 1.29 is 9.53 Å². The minimum absolute atomic E-state index is 0.173. The number of hydrogen-bond donors (Lipinski definition) is 0. The highest BCUT2D eigenvalue weighted by molar-refractivity contribution is 5.73. The third kappa shape index (κ3) is 1.96. The molecule has 16 heavy (non-hydrogen) atoms. The van der Waals surface area contributed by atoms with Crippen LogP contribution in [0.2, 0.25) is 0 Å². The topological polar surface area (TPSA) is 44.1 Å². The van der Waals surface area contributed by atoms with Crippen LogP contribution in [-0.2, 0) is 22.4 Å². The average Bonchev–Trinajstić information content (AvgIpc) is 2.72. The van der Waals surface area contributed by atoms with Gasteiger partial charge >= 0.3 is 5.97 Å². The molecule has 1 atom stereocenters. The molecule has 0 radical (unpaired) electrons. The van der Waals surface area contributed by atoms with Crippen molar-refractivity contribution in [2.45, 2.75) is 45.6 Å². The molecule has 4 nitrogen and oxygen atoms in total. The van der Waals surface area contributed by atoms with E-state index in [1.54, 1.807) is 6.33 Å². The first kappa shape index (κ1) is 11.2. The van der Waals surface area contributed by atoms with Gasteiger partial charge in [-0.05, 0) is 39.5 Å². The van der Waals surface area contributed by atoms with Crippen molar-refractivity contribution in [3.05, 3.63) is 17.7 Å². The number of aromatic nitrogens is 2. The van der Waals surface area contributed by atoms with Gasteiger partial charge in [-0.2, -0.15) is 0 Å². The zero-order valence-corrected chi connectivity index (χ0v) is 9.90. The molecule has 4 heteroatoms. The number of carbonyl (C=O) groups is 1. The number of rotatable bonds is 3. The second-order valence-corrected chi connectivity index (χ2v) is 4.18. The molecular weight excluding hydrogens is 204 g/mol. The predicted molar refractivity (Wildman–Crippen MR) is 60.2 cm³/mol. The van der Waals surface area contributed by atoms with Crippen molar-refractivity contribution in [1.29, 1.82) is 0 Å². The van der Waals surface area contributed by atoms with Gasteiger partial charge in [-0.25, -0.2) is 9.78 Å². The Labute approximate surface area is 95.6 Å². The number of fused-ring (bicyclic) bond motifs is 1. The van der Waals surface area contributed by atoms with Crippen molar-refractivity contribution >= 4 is 5.97 Å². The Morgan fingerprint density at radius 3 is 3.06 bits per heavy atom. The standard InChI is InChI=1S/C12H18N2O2/c1-3-16-12(15)9(2)14-8-13-10-6-4-5-7-11(10)14/h8-9H,3-7H2,1-2H3. The van der Waals surface area contributed by atoms with Crippen LogP contribution in [0.3, 0.4) is 0 Å². The molecule has 0 N–H and O–H groups in total. The minimum Gasteiger partial charge on any atom is -0.464 e. The number of hydrogen-bond acceptors (Lipinski definition) is 3. The number of nitrogens with zero attached hydrogens (tertiary/aromatic N) is 2. The van der Waals surface area contributed by atoms with Gasteiger partial charge in [0.2, 0.25) is 0 Å². The fourth-order valence-electron chi connectivity index (χ4n) is 2.20. The quantitative estimate of drug-likeness (QED) is 0.733. The lowest BCUT2D eigenvalue weighted by atomic mass is 10.0. The van der Waals surface area contributed by atoms with Crippen LogP contribution in [0.5, 0.6) is 0 Å². The zero-order chi connectivity index (χ0) is 11.5. The molecule has 1 aromatic rings. The lowest BCUT2D eigenvalue weighted by molar-refractivity contribution is -0.146. The third-order valence-corrected chi connectivity index (χ3v) is 3.10. The third-order valence-electron chi connectivity index (χ3n) is 3.10. The Morgan fingerprint density at radius 2 is 2.31 bits per heavy atom. The summed E-state index contributed by atoms with van der Waals surface area (Å²) < 4.78 is 7.00. The molecule has 1 aliphatic carbocycles. The molecule has 0 bridgehead atoms. The minimum atomic E-state index is -0.255. The highest BCUT2D eigenvalue weighted by Crippen LogP contribution is 2.23. The maximum atomic E-state index is 11.7. The molecule has 1 aromatic heterocycles. The zero-order valence-electron chi connectivity index (χ0n) is 9.90. The fraction of sp³-hybridized carbons (Fsp3) is 0.667. The first-order valence-corrected chi connectivity index (χ1v) is 5.95. The van der Waals surface area contributed by atoms with Crippen molar-refractivity contribution in [2.24, 2.45) is 0 Å². The molecule has 1 unspecified atom stereocenters. The van der Waals surface area contributed by atoms with Crippen molar-refractivity contribution in [3.63, 3.8) is 0 Å². The van der Waals surface area contributed by atoms with Crippen LogP contribution < -0.4 is 0 Å². The highest BCUT2D eigenvalue weighted by atomic mass is 16.5. The molecule has 0 saturated heterocycles. The molecule has 0 spiro atoms. The second-order valence-electron chi connectivity index (χ2n) is 4.18. The largest absolute Gasteiger partial charge is 0.464 e. The average molecular weight is 222 g/mol. The Morgan fingerprint density at radius 1 is 1.56 bits per heavy atom. The summed E-state index contributed by atoms with van der Waals surface area (Å²) in [5.41, 5.74) is 2.37. The maximum absolute atomic E-state index is 11.7. The molecule has 1 heterocycles. The summed E-state index contributed by atoms with van der Waals surface area (Å²) in [4.78, 5) is 16.0. The molecule has 2 rings (SSSR count). The van der Waals surface area contributed by atoms with Crippen LogP contribution in [0.25, 0.3) is 0 Å². The van der Waals surface area contributed by atoms with Crippen LogP contribution in [0.4, 0.5) is 0 Å². The Hall–Kier alpha value is -1.32. The smallest absolute Gasteiger partial charge is 0.328 e. The van der Waals surface area contributed by atoms with Crippen molar-refractivity contribution in [2.75, 3.05) is 6.61 Å². The van der Waals surface area contributed by atoms with Crippen molar-refractivity contribution in [1.82, 2.24) is 9.55 Å². The Bertz CT molecular complexity index is 384. The molecule has 0 aromatic carbocycles. The monoisotopic (exact) mass is 222 g/mol. The number of aryl methyl sites for hydroxylation is 1. The SMILES string of the molecule is CCOC(=O)C(C)n1cnc2c1CCCC2. The number of esters is 1. The first-order chi connectivity index (χ1) is 7.74. The second kappa shape index (κ2) is 4.68. The summed E-state index contributed by atoms with van der Waals surface area (Å²) in [6.07, 6.45) is 6.24. The normalized spacial score (nSPS) is 16.6. The van der Waals surface area contributed by atoms with E-state index < -0.39 is 0 Å². The van der Waals surface area contributed by atoms with E-state index in [1.165, 1.54) is 18.5 Å². The van der Waals surface area contributed by atoms with Crippen LogP contribution in [0.15, 0.2) is 6.33 Å². The van der Waals surface area contributed by atoms with E-state index in [2.05, 4.69) is 4.98 Å². The predicted octanol–water partition coefficient (Wildman–Crippen LogP) is 1.89. The maximum Gasteiger partial charge on any atom is 0.328 e. The van der Waals surface area contributed by atoms with E-state index in [-0.39, 0.29) is 12.0 Å². The van der Waals surface area contributed by atoms with Crippen LogP contribution in [0, 0.1) is 0 Å². The Kier molecular flexibility index (Phi) is 3.27. The van der Waals surface area contributed by atoms with Crippen LogP contribution in [-0.4, -0.2) is 22.1 Å². The van der Waals surface area contributed by atoms with E-state index in [0.717, 1.165) is 18.5 Å². The van der Waals surface area contributed by atoms with E-state index >= 15 is 0 Å². The summed E-state index contributed by atoms with van der Waals surface area (Å²) in [5, 5.41) is 0. The van der Waals surface area contributed by atoms with Crippen LogP contribution >= 0.6 is 0 Å². The number of imidazole rings is 1. The van der Waals surface area contributed by atoms with Gasteiger partial charge in [0.15, 0.2) is 0 Å². The van der Waals surface area contributed by atoms with Gasteiger partial charge in [0, 0.05) is 5.69 Å². The molecule has 0 amide bonds. The lowest BCUT2D eigenvalue weighted by Gasteiger charge is -2.18. The molecule has 1 aliphatic rings. The summed E-state index contributed by atoms with van der Waals surface area (Å²) in [6.45, 7) is 4.13. The first-order valence-electron chi connectivity index (χ1n) is 5.95. The molecule has 0 saturated carbocycles. The van der Waals surface area contributed by atoms with Gasteiger partial charge in [-0.15, -0.1) is 0 Å². The van der Waals surface area contributed by atoms with E-state index in [0.29, 0.717) is 6.61 Å². The van der Waals surface area contributed by atoms with Gasteiger partial charge in [0.05, 0.1) is 18.6 Å². The van der Waals surface area contributed by atoms with Gasteiger partial charge < -0.3 is 9.30 Å². The molecule has 0 aliphatic heterocycles. The van der Waals surface area contributed by atoms with Gasteiger partial charge in [0.1, 0.15) is 6.04 Å². The number of ether oxygens (including phenoxy) is 1. The summed E-state index contributed by atoms with van der Waals surface area (Å²) in [6, 6.07) is -0.255. The number of carbonyl (C=O) groups excluding carboxylic acids is 1. The van der Waals surface area contributed by atoms with E-state index in [1.807, 2.05) is 18.4 Å². The van der Waals surface area contributed by atoms with E-state index in [9.17, 15) is 4.79 Å². The summed E-state index contributed by atoms with van der Waals surface area (Å²) in [5.74, 6) is -0.173.